The molecule has 1 aliphatic rings. The molecular weight excluding hydrogens is 242 g/mol. The average molecular weight is 271 g/mol. The molecule has 0 aromatic rings. The second kappa shape index (κ2) is 8.51. The quantitative estimate of drug-likeness (QED) is 0.704. The van der Waals surface area contributed by atoms with Gasteiger partial charge in [0.05, 0.1) is 12.6 Å². The van der Waals surface area contributed by atoms with E-state index in [1.807, 2.05) is 4.90 Å². The fourth-order valence-electron chi connectivity index (χ4n) is 2.59. The molecule has 1 saturated heterocycles. The molecule has 0 bridgehead atoms. The molecular formula is C14H29N3O2. The van der Waals surface area contributed by atoms with Crippen LogP contribution in [0.3, 0.4) is 0 Å². The van der Waals surface area contributed by atoms with Crippen molar-refractivity contribution in [1.82, 2.24) is 9.80 Å². The number of piperazine rings is 1. The third-order valence-corrected chi connectivity index (χ3v) is 4.01. The van der Waals surface area contributed by atoms with Gasteiger partial charge in [-0.3, -0.25) is 9.69 Å². The summed E-state index contributed by atoms with van der Waals surface area (Å²) in [6.07, 6.45) is 3.81. The van der Waals surface area contributed by atoms with Gasteiger partial charge >= 0.3 is 0 Å². The topological polar surface area (TPSA) is 69.8 Å². The van der Waals surface area contributed by atoms with Crippen LogP contribution in [0.4, 0.5) is 0 Å². The standard InChI is InChI=1S/C14H29N3O2/c1-3-5-6-13(15)14(19)17-9-7-16(8-10-17)12(4-2)11-18/h12-13,18H,3-11,15H2,1-2H3. The maximum Gasteiger partial charge on any atom is 0.239 e. The molecule has 5 heteroatoms. The zero-order valence-corrected chi connectivity index (χ0v) is 12.3. The van der Waals surface area contributed by atoms with Crippen molar-refractivity contribution in [1.29, 1.82) is 0 Å². The van der Waals surface area contributed by atoms with Crippen LogP contribution in [-0.4, -0.2) is 65.7 Å². The normalized spacial score (nSPS) is 20.3. The number of hydrogen-bond donors (Lipinski definition) is 2. The van der Waals surface area contributed by atoms with Gasteiger partial charge in [0.1, 0.15) is 0 Å². The van der Waals surface area contributed by atoms with Gasteiger partial charge in [-0.1, -0.05) is 26.7 Å². The Balaban J connectivity index is 2.38. The van der Waals surface area contributed by atoms with Crippen LogP contribution in [0.5, 0.6) is 0 Å². The smallest absolute Gasteiger partial charge is 0.239 e. The molecule has 2 atom stereocenters. The molecule has 5 nitrogen and oxygen atoms in total. The minimum atomic E-state index is -0.341. The lowest BCUT2D eigenvalue weighted by Gasteiger charge is -2.39. The molecule has 2 unspecified atom stereocenters. The van der Waals surface area contributed by atoms with Crippen LogP contribution in [0.1, 0.15) is 39.5 Å². The molecule has 0 aromatic heterocycles. The van der Waals surface area contributed by atoms with Crippen molar-refractivity contribution in [2.75, 3.05) is 32.8 Å². The third kappa shape index (κ3) is 4.75. The van der Waals surface area contributed by atoms with E-state index in [0.29, 0.717) is 0 Å². The highest BCUT2D eigenvalue weighted by Crippen LogP contribution is 2.11. The second-order valence-electron chi connectivity index (χ2n) is 5.35. The van der Waals surface area contributed by atoms with Crippen molar-refractivity contribution in [2.45, 2.75) is 51.6 Å². The fourth-order valence-corrected chi connectivity index (χ4v) is 2.59. The fraction of sp³-hybridized carbons (Fsp3) is 0.929. The number of hydrogen-bond acceptors (Lipinski definition) is 4. The van der Waals surface area contributed by atoms with Gasteiger partial charge in [0.2, 0.25) is 5.91 Å². The highest BCUT2D eigenvalue weighted by molar-refractivity contribution is 5.81. The molecule has 1 fully saturated rings. The lowest BCUT2D eigenvalue weighted by atomic mass is 10.1. The van der Waals surface area contributed by atoms with Gasteiger partial charge < -0.3 is 15.7 Å². The van der Waals surface area contributed by atoms with Crippen molar-refractivity contribution in [3.63, 3.8) is 0 Å². The minimum absolute atomic E-state index is 0.0881. The first-order valence-electron chi connectivity index (χ1n) is 7.53. The zero-order chi connectivity index (χ0) is 14.3. The second-order valence-corrected chi connectivity index (χ2v) is 5.35. The largest absolute Gasteiger partial charge is 0.395 e. The van der Waals surface area contributed by atoms with Gasteiger partial charge in [-0.15, -0.1) is 0 Å². The number of nitrogens with two attached hydrogens (primary N) is 1. The zero-order valence-electron chi connectivity index (χ0n) is 12.3. The Morgan fingerprint density at radius 3 is 2.37 bits per heavy atom. The Hall–Kier alpha value is -0.650. The first-order valence-corrected chi connectivity index (χ1v) is 7.53. The molecule has 0 spiro atoms. The van der Waals surface area contributed by atoms with E-state index in [1.54, 1.807) is 0 Å². The summed E-state index contributed by atoms with van der Waals surface area (Å²) in [4.78, 5) is 16.3. The highest BCUT2D eigenvalue weighted by Gasteiger charge is 2.27. The van der Waals surface area contributed by atoms with Gasteiger partial charge in [0.25, 0.3) is 0 Å². The Kier molecular flexibility index (Phi) is 7.34. The third-order valence-electron chi connectivity index (χ3n) is 4.01. The number of carbonyl (C=O) groups excluding carboxylic acids is 1. The van der Waals surface area contributed by atoms with Crippen LogP contribution in [0, 0.1) is 0 Å². The van der Waals surface area contributed by atoms with E-state index in [0.717, 1.165) is 51.9 Å². The number of unbranched alkanes of at least 4 members (excludes halogenated alkanes) is 1. The summed E-state index contributed by atoms with van der Waals surface area (Å²) in [6, 6.07) is -0.114. The van der Waals surface area contributed by atoms with Crippen molar-refractivity contribution in [3.8, 4) is 0 Å². The number of aliphatic hydroxyl groups is 1. The first kappa shape index (κ1) is 16.4. The minimum Gasteiger partial charge on any atom is -0.395 e. The van der Waals surface area contributed by atoms with E-state index in [4.69, 9.17) is 5.73 Å². The van der Waals surface area contributed by atoms with Crippen LogP contribution in [-0.2, 0) is 4.79 Å². The van der Waals surface area contributed by atoms with E-state index in [1.165, 1.54) is 0 Å². The van der Waals surface area contributed by atoms with Gasteiger partial charge in [-0.25, -0.2) is 0 Å². The molecule has 1 rings (SSSR count). The molecule has 1 heterocycles. The number of aliphatic hydroxyl groups excluding tert-OH is 1. The summed E-state index contributed by atoms with van der Waals surface area (Å²) in [5.41, 5.74) is 5.94. The molecule has 1 amide bonds. The molecule has 0 aromatic carbocycles. The van der Waals surface area contributed by atoms with Crippen LogP contribution in [0.25, 0.3) is 0 Å². The van der Waals surface area contributed by atoms with Crippen molar-refractivity contribution >= 4 is 5.91 Å². The number of rotatable bonds is 7. The first-order chi connectivity index (χ1) is 9.13. The molecule has 0 saturated carbocycles. The number of nitrogens with zero attached hydrogens (tertiary/aromatic N) is 2. The average Bonchev–Trinajstić information content (AvgIpc) is 2.46. The van der Waals surface area contributed by atoms with Crippen molar-refractivity contribution in [3.05, 3.63) is 0 Å². The van der Waals surface area contributed by atoms with Gasteiger partial charge in [0.15, 0.2) is 0 Å². The van der Waals surface area contributed by atoms with E-state index in [-0.39, 0.29) is 24.6 Å². The summed E-state index contributed by atoms with van der Waals surface area (Å²) in [5.74, 6) is 0.0881. The number of carbonyl (C=O) groups is 1. The van der Waals surface area contributed by atoms with E-state index >= 15 is 0 Å². The van der Waals surface area contributed by atoms with E-state index in [9.17, 15) is 9.90 Å². The Labute approximate surface area is 116 Å². The SMILES string of the molecule is CCCCC(N)C(=O)N1CCN(C(CC)CO)CC1. The summed E-state index contributed by atoms with van der Waals surface area (Å²) >= 11 is 0. The van der Waals surface area contributed by atoms with E-state index < -0.39 is 0 Å². The Morgan fingerprint density at radius 1 is 1.26 bits per heavy atom. The maximum absolute atomic E-state index is 12.2. The molecule has 1 aliphatic heterocycles. The predicted octanol–water partition coefficient (Wildman–Crippen LogP) is 0.419. The lowest BCUT2D eigenvalue weighted by Crippen LogP contribution is -2.55. The number of amides is 1. The van der Waals surface area contributed by atoms with E-state index in [2.05, 4.69) is 18.7 Å². The predicted molar refractivity (Wildman–Crippen MR) is 76.8 cm³/mol. The molecule has 3 N–H and O–H groups in total. The Morgan fingerprint density at radius 2 is 1.89 bits per heavy atom. The highest BCUT2D eigenvalue weighted by atomic mass is 16.3. The Bertz CT molecular complexity index is 261. The summed E-state index contributed by atoms with van der Waals surface area (Å²) in [5, 5.41) is 9.30. The van der Waals surface area contributed by atoms with Crippen LogP contribution >= 0.6 is 0 Å². The molecule has 19 heavy (non-hydrogen) atoms. The van der Waals surface area contributed by atoms with Crippen molar-refractivity contribution in [2.24, 2.45) is 5.73 Å². The summed E-state index contributed by atoms with van der Waals surface area (Å²) < 4.78 is 0. The molecule has 0 aliphatic carbocycles. The van der Waals surface area contributed by atoms with Crippen LogP contribution in [0.15, 0.2) is 0 Å². The van der Waals surface area contributed by atoms with Crippen molar-refractivity contribution < 1.29 is 9.90 Å². The van der Waals surface area contributed by atoms with Crippen LogP contribution < -0.4 is 5.73 Å². The van der Waals surface area contributed by atoms with Crippen LogP contribution in [0.2, 0.25) is 0 Å². The lowest BCUT2D eigenvalue weighted by molar-refractivity contribution is -0.135. The maximum atomic E-state index is 12.2. The summed E-state index contributed by atoms with van der Waals surface area (Å²) in [7, 11) is 0. The van der Waals surface area contributed by atoms with Gasteiger partial charge in [-0.05, 0) is 12.8 Å². The monoisotopic (exact) mass is 271 g/mol. The molecule has 0 radical (unpaired) electrons. The van der Waals surface area contributed by atoms with Gasteiger partial charge in [-0.2, -0.15) is 0 Å². The van der Waals surface area contributed by atoms with Gasteiger partial charge in [0, 0.05) is 32.2 Å². The molecule has 112 valence electrons. The summed E-state index contributed by atoms with van der Waals surface area (Å²) in [6.45, 7) is 7.52.